The van der Waals surface area contributed by atoms with Crippen molar-refractivity contribution in [3.05, 3.63) is 54.1 Å². The molecular weight excluding hydrogens is 437 g/mol. The summed E-state index contributed by atoms with van der Waals surface area (Å²) in [6.07, 6.45) is 6.11. The topological polar surface area (TPSA) is 54.2 Å². The lowest BCUT2D eigenvalue weighted by molar-refractivity contribution is 0.544. The lowest BCUT2D eigenvalue weighted by Gasteiger charge is -2.24. The first kappa shape index (κ1) is 22.5. The molecule has 0 bridgehead atoms. The van der Waals surface area contributed by atoms with E-state index in [0.717, 1.165) is 37.7 Å². The van der Waals surface area contributed by atoms with E-state index in [2.05, 4.69) is 69.4 Å². The summed E-state index contributed by atoms with van der Waals surface area (Å²) in [5, 5.41) is 6.92. The summed E-state index contributed by atoms with van der Waals surface area (Å²) in [6, 6.07) is 10.9. The van der Waals surface area contributed by atoms with Gasteiger partial charge in [0, 0.05) is 44.5 Å². The lowest BCUT2D eigenvalue weighted by Crippen LogP contribution is -2.44. The third-order valence-electron chi connectivity index (χ3n) is 4.71. The van der Waals surface area contributed by atoms with Gasteiger partial charge in [0.25, 0.3) is 0 Å². The van der Waals surface area contributed by atoms with Crippen molar-refractivity contribution in [3.63, 3.8) is 0 Å². The average molecular weight is 469 g/mol. The normalized spacial score (nSPS) is 13.6. The van der Waals surface area contributed by atoms with Crippen LogP contribution in [0.15, 0.2) is 47.7 Å². The Balaban J connectivity index is 0.00000338. The van der Waals surface area contributed by atoms with Gasteiger partial charge in [0.05, 0.1) is 0 Å². The fraction of sp³-hybridized carbons (Fsp3) is 0.500. The van der Waals surface area contributed by atoms with E-state index in [4.69, 9.17) is 0 Å². The molecule has 0 aliphatic heterocycles. The standard InChI is InChI=1S/C20H31N5.HI/c1-16(19-10-6-5-7-11-19)17(2)24-20(21-4)23-12-8-9-14-25-15-13-22-18(25)3;/h5-7,10-11,13,15-17H,8-9,12,14H2,1-4H3,(H2,21,23,24);1H. The second-order valence-corrected chi connectivity index (χ2v) is 6.51. The lowest BCUT2D eigenvalue weighted by atomic mass is 9.94. The minimum Gasteiger partial charge on any atom is -0.356 e. The van der Waals surface area contributed by atoms with Crippen LogP contribution in [0, 0.1) is 6.92 Å². The first-order chi connectivity index (χ1) is 12.1. The molecule has 2 atom stereocenters. The minimum absolute atomic E-state index is 0. The van der Waals surface area contributed by atoms with E-state index < -0.39 is 0 Å². The molecule has 1 aromatic heterocycles. The molecule has 1 aromatic carbocycles. The van der Waals surface area contributed by atoms with Gasteiger partial charge in [-0.3, -0.25) is 4.99 Å². The largest absolute Gasteiger partial charge is 0.356 e. The molecule has 0 saturated carbocycles. The highest BCUT2D eigenvalue weighted by Gasteiger charge is 2.15. The predicted octanol–water partition coefficient (Wildman–Crippen LogP) is 3.95. The van der Waals surface area contributed by atoms with Gasteiger partial charge in [-0.05, 0) is 32.3 Å². The van der Waals surface area contributed by atoms with E-state index in [-0.39, 0.29) is 24.0 Å². The molecule has 2 aromatic rings. The highest BCUT2D eigenvalue weighted by Crippen LogP contribution is 2.18. The summed E-state index contributed by atoms with van der Waals surface area (Å²) in [4.78, 5) is 8.59. The maximum atomic E-state index is 4.34. The SMILES string of the molecule is CN=C(NCCCCn1ccnc1C)NC(C)C(C)c1ccccc1.I. The number of aliphatic imine (C=N–C) groups is 1. The number of nitrogens with one attached hydrogen (secondary N) is 2. The fourth-order valence-corrected chi connectivity index (χ4v) is 2.83. The highest BCUT2D eigenvalue weighted by atomic mass is 127. The fourth-order valence-electron chi connectivity index (χ4n) is 2.83. The molecular formula is C20H32IN5. The molecule has 6 heteroatoms. The van der Waals surface area contributed by atoms with Crippen LogP contribution in [0.2, 0.25) is 0 Å². The van der Waals surface area contributed by atoms with Crippen LogP contribution >= 0.6 is 24.0 Å². The Hall–Kier alpha value is -1.57. The molecule has 2 unspecified atom stereocenters. The van der Waals surface area contributed by atoms with Crippen molar-refractivity contribution in [1.82, 2.24) is 20.2 Å². The Kier molecular flexibility index (Phi) is 10.3. The van der Waals surface area contributed by atoms with Crippen LogP contribution in [-0.2, 0) is 6.54 Å². The van der Waals surface area contributed by atoms with Gasteiger partial charge in [-0.1, -0.05) is 37.3 Å². The van der Waals surface area contributed by atoms with Crippen molar-refractivity contribution < 1.29 is 0 Å². The van der Waals surface area contributed by atoms with Gasteiger partial charge in [0.15, 0.2) is 5.96 Å². The second kappa shape index (κ2) is 11.9. The first-order valence-corrected chi connectivity index (χ1v) is 9.11. The Morgan fingerprint density at radius 1 is 1.19 bits per heavy atom. The molecule has 0 aliphatic rings. The number of hydrogen-bond acceptors (Lipinski definition) is 2. The van der Waals surface area contributed by atoms with Crippen molar-refractivity contribution >= 4 is 29.9 Å². The Morgan fingerprint density at radius 2 is 1.92 bits per heavy atom. The monoisotopic (exact) mass is 469 g/mol. The van der Waals surface area contributed by atoms with Crippen molar-refractivity contribution in [3.8, 4) is 0 Å². The number of unbranched alkanes of at least 4 members (excludes halogenated alkanes) is 1. The number of guanidine groups is 1. The quantitative estimate of drug-likeness (QED) is 0.267. The maximum absolute atomic E-state index is 4.34. The molecule has 0 aliphatic carbocycles. The Labute approximate surface area is 174 Å². The summed E-state index contributed by atoms with van der Waals surface area (Å²) in [5.41, 5.74) is 1.34. The van der Waals surface area contributed by atoms with Crippen LogP contribution in [0.5, 0.6) is 0 Å². The van der Waals surface area contributed by atoms with Gasteiger partial charge >= 0.3 is 0 Å². The van der Waals surface area contributed by atoms with Crippen molar-refractivity contribution in [2.24, 2.45) is 4.99 Å². The van der Waals surface area contributed by atoms with E-state index in [0.29, 0.717) is 12.0 Å². The summed E-state index contributed by atoms with van der Waals surface area (Å²) in [7, 11) is 1.82. The molecule has 0 spiro atoms. The molecule has 144 valence electrons. The number of aromatic nitrogens is 2. The highest BCUT2D eigenvalue weighted by molar-refractivity contribution is 14.0. The van der Waals surface area contributed by atoms with Crippen LogP contribution in [0.1, 0.15) is 44.0 Å². The van der Waals surface area contributed by atoms with Crippen LogP contribution < -0.4 is 10.6 Å². The molecule has 2 N–H and O–H groups in total. The zero-order valence-electron chi connectivity index (χ0n) is 16.3. The molecule has 26 heavy (non-hydrogen) atoms. The number of halogens is 1. The molecule has 0 amide bonds. The van der Waals surface area contributed by atoms with E-state index in [9.17, 15) is 0 Å². The zero-order valence-corrected chi connectivity index (χ0v) is 18.6. The van der Waals surface area contributed by atoms with Gasteiger partial charge in [-0.25, -0.2) is 4.98 Å². The van der Waals surface area contributed by atoms with Crippen LogP contribution in [0.3, 0.4) is 0 Å². The second-order valence-electron chi connectivity index (χ2n) is 6.51. The number of nitrogens with zero attached hydrogens (tertiary/aromatic N) is 3. The maximum Gasteiger partial charge on any atom is 0.191 e. The first-order valence-electron chi connectivity index (χ1n) is 9.11. The molecule has 0 saturated heterocycles. The number of aryl methyl sites for hydroxylation is 2. The molecule has 0 fully saturated rings. The Bertz CT molecular complexity index is 653. The smallest absolute Gasteiger partial charge is 0.191 e. The predicted molar refractivity (Wildman–Crippen MR) is 120 cm³/mol. The number of rotatable bonds is 8. The number of benzene rings is 1. The third-order valence-corrected chi connectivity index (χ3v) is 4.71. The van der Waals surface area contributed by atoms with Crippen molar-refractivity contribution in [1.29, 1.82) is 0 Å². The van der Waals surface area contributed by atoms with E-state index >= 15 is 0 Å². The minimum atomic E-state index is 0. The average Bonchev–Trinajstić information content (AvgIpc) is 3.05. The van der Waals surface area contributed by atoms with Crippen LogP contribution in [0.4, 0.5) is 0 Å². The van der Waals surface area contributed by atoms with Crippen molar-refractivity contribution in [2.45, 2.75) is 52.1 Å². The van der Waals surface area contributed by atoms with Gasteiger partial charge in [0.2, 0.25) is 0 Å². The van der Waals surface area contributed by atoms with Gasteiger partial charge in [-0.15, -0.1) is 24.0 Å². The Morgan fingerprint density at radius 3 is 2.54 bits per heavy atom. The van der Waals surface area contributed by atoms with Gasteiger partial charge in [0.1, 0.15) is 5.82 Å². The molecule has 1 heterocycles. The van der Waals surface area contributed by atoms with Crippen LogP contribution in [-0.4, -0.2) is 35.1 Å². The van der Waals surface area contributed by atoms with Crippen LogP contribution in [0.25, 0.3) is 0 Å². The summed E-state index contributed by atoms with van der Waals surface area (Å²) < 4.78 is 2.19. The molecule has 5 nitrogen and oxygen atoms in total. The summed E-state index contributed by atoms with van der Waals surface area (Å²) in [6.45, 7) is 8.42. The third kappa shape index (κ3) is 6.97. The van der Waals surface area contributed by atoms with E-state index in [1.165, 1.54) is 5.56 Å². The van der Waals surface area contributed by atoms with Gasteiger partial charge < -0.3 is 15.2 Å². The van der Waals surface area contributed by atoms with E-state index in [1.54, 1.807) is 0 Å². The summed E-state index contributed by atoms with van der Waals surface area (Å²) in [5.74, 6) is 2.37. The molecule has 0 radical (unpaired) electrons. The number of hydrogen-bond donors (Lipinski definition) is 2. The molecule has 2 rings (SSSR count). The van der Waals surface area contributed by atoms with Crippen molar-refractivity contribution in [2.75, 3.05) is 13.6 Å². The van der Waals surface area contributed by atoms with Gasteiger partial charge in [-0.2, -0.15) is 0 Å². The number of imidazole rings is 1. The van der Waals surface area contributed by atoms with E-state index in [1.807, 2.05) is 26.4 Å². The zero-order chi connectivity index (χ0) is 18.1. The summed E-state index contributed by atoms with van der Waals surface area (Å²) >= 11 is 0.